The molecule has 82 valence electrons. The summed E-state index contributed by atoms with van der Waals surface area (Å²) in [6.07, 6.45) is 1.38. The molecule has 2 aromatic rings. The van der Waals surface area contributed by atoms with E-state index in [0.717, 1.165) is 0 Å². The third kappa shape index (κ3) is 1.92. The lowest BCUT2D eigenvalue weighted by atomic mass is 10.1. The number of hydrogen-bond donors (Lipinski definition) is 1. The maximum absolute atomic E-state index is 13.7. The average Bonchev–Trinajstić information content (AvgIpc) is 2.29. The Morgan fingerprint density at radius 1 is 1.19 bits per heavy atom. The number of aromatic nitrogens is 1. The summed E-state index contributed by atoms with van der Waals surface area (Å²) in [5, 5.41) is 8.90. The van der Waals surface area contributed by atoms with Gasteiger partial charge in [-0.25, -0.2) is 8.78 Å². The minimum absolute atomic E-state index is 0.0473. The Bertz CT molecular complexity index is 514. The fourth-order valence-electron chi connectivity index (χ4n) is 1.44. The Kier molecular flexibility index (Phi) is 2.92. The van der Waals surface area contributed by atoms with Crippen LogP contribution in [-0.2, 0) is 6.61 Å². The van der Waals surface area contributed by atoms with Crippen molar-refractivity contribution in [1.29, 1.82) is 0 Å². The summed E-state index contributed by atoms with van der Waals surface area (Å²) in [6.45, 7) is -0.406. The van der Waals surface area contributed by atoms with Crippen LogP contribution in [0.4, 0.5) is 8.78 Å². The number of nitrogens with zero attached hydrogens (tertiary/aromatic N) is 1. The molecule has 0 spiro atoms. The fourth-order valence-corrected chi connectivity index (χ4v) is 1.44. The van der Waals surface area contributed by atoms with E-state index in [1.54, 1.807) is 6.07 Å². The zero-order chi connectivity index (χ0) is 11.5. The van der Waals surface area contributed by atoms with Crippen LogP contribution < -0.4 is 0 Å². The van der Waals surface area contributed by atoms with Gasteiger partial charge in [0.25, 0.3) is 0 Å². The SMILES string of the molecule is OCc1ccnc(-c2cccc(F)c2)c1F. The summed E-state index contributed by atoms with van der Waals surface area (Å²) >= 11 is 0. The second kappa shape index (κ2) is 4.37. The van der Waals surface area contributed by atoms with Crippen LogP contribution in [0, 0.1) is 11.6 Å². The molecule has 1 N–H and O–H groups in total. The number of hydrogen-bond acceptors (Lipinski definition) is 2. The highest BCUT2D eigenvalue weighted by molar-refractivity contribution is 5.60. The van der Waals surface area contributed by atoms with Crippen molar-refractivity contribution in [2.75, 3.05) is 0 Å². The van der Waals surface area contributed by atoms with Crippen molar-refractivity contribution in [2.45, 2.75) is 6.61 Å². The molecular weight excluding hydrogens is 212 g/mol. The summed E-state index contributed by atoms with van der Waals surface area (Å²) in [5.74, 6) is -1.07. The highest BCUT2D eigenvalue weighted by Crippen LogP contribution is 2.23. The Morgan fingerprint density at radius 3 is 2.69 bits per heavy atom. The number of halogens is 2. The van der Waals surface area contributed by atoms with Gasteiger partial charge < -0.3 is 5.11 Å². The van der Waals surface area contributed by atoms with Gasteiger partial charge in [0.2, 0.25) is 0 Å². The molecule has 0 saturated carbocycles. The predicted molar refractivity (Wildman–Crippen MR) is 55.5 cm³/mol. The van der Waals surface area contributed by atoms with E-state index in [-0.39, 0.29) is 11.3 Å². The van der Waals surface area contributed by atoms with Crippen molar-refractivity contribution in [3.05, 3.63) is 53.7 Å². The fraction of sp³-hybridized carbons (Fsp3) is 0.0833. The van der Waals surface area contributed by atoms with Gasteiger partial charge in [-0.2, -0.15) is 0 Å². The van der Waals surface area contributed by atoms with Crippen LogP contribution in [-0.4, -0.2) is 10.1 Å². The summed E-state index contributed by atoms with van der Waals surface area (Å²) in [6, 6.07) is 6.91. The van der Waals surface area contributed by atoms with Gasteiger partial charge in [0.15, 0.2) is 5.82 Å². The maximum Gasteiger partial charge on any atom is 0.154 e. The molecule has 2 rings (SSSR count). The van der Waals surface area contributed by atoms with E-state index < -0.39 is 18.2 Å². The Hall–Kier alpha value is -1.81. The van der Waals surface area contributed by atoms with Gasteiger partial charge in [-0.05, 0) is 18.2 Å². The molecule has 0 bridgehead atoms. The maximum atomic E-state index is 13.7. The number of aliphatic hydroxyl groups is 1. The van der Waals surface area contributed by atoms with Gasteiger partial charge in [-0.1, -0.05) is 12.1 Å². The van der Waals surface area contributed by atoms with Crippen molar-refractivity contribution in [1.82, 2.24) is 4.98 Å². The molecule has 1 heterocycles. The molecule has 0 amide bonds. The number of rotatable bonds is 2. The van der Waals surface area contributed by atoms with Crippen molar-refractivity contribution >= 4 is 0 Å². The van der Waals surface area contributed by atoms with Gasteiger partial charge in [-0.3, -0.25) is 4.98 Å². The van der Waals surface area contributed by atoms with Crippen LogP contribution >= 0.6 is 0 Å². The van der Waals surface area contributed by atoms with E-state index in [4.69, 9.17) is 5.11 Å². The minimum atomic E-state index is -0.615. The van der Waals surface area contributed by atoms with Crippen LogP contribution in [0.1, 0.15) is 5.56 Å². The molecule has 0 radical (unpaired) electrons. The van der Waals surface area contributed by atoms with Gasteiger partial charge in [0, 0.05) is 17.3 Å². The van der Waals surface area contributed by atoms with Crippen LogP contribution in [0.3, 0.4) is 0 Å². The molecule has 0 unspecified atom stereocenters. The van der Waals surface area contributed by atoms with Crippen molar-refractivity contribution in [2.24, 2.45) is 0 Å². The number of benzene rings is 1. The van der Waals surface area contributed by atoms with Crippen LogP contribution in [0.5, 0.6) is 0 Å². The van der Waals surface area contributed by atoms with Crippen LogP contribution in [0.2, 0.25) is 0 Å². The molecular formula is C12H9F2NO. The molecule has 0 aliphatic carbocycles. The van der Waals surface area contributed by atoms with Crippen molar-refractivity contribution in [3.8, 4) is 11.3 Å². The predicted octanol–water partition coefficient (Wildman–Crippen LogP) is 2.52. The zero-order valence-electron chi connectivity index (χ0n) is 8.32. The normalized spacial score (nSPS) is 10.4. The quantitative estimate of drug-likeness (QED) is 0.845. The lowest BCUT2D eigenvalue weighted by Crippen LogP contribution is -1.96. The molecule has 4 heteroatoms. The average molecular weight is 221 g/mol. The lowest BCUT2D eigenvalue weighted by molar-refractivity contribution is 0.275. The lowest BCUT2D eigenvalue weighted by Gasteiger charge is -2.05. The molecule has 1 aromatic carbocycles. The second-order valence-electron chi connectivity index (χ2n) is 3.30. The summed E-state index contributed by atoms with van der Waals surface area (Å²) in [4.78, 5) is 3.85. The van der Waals surface area contributed by atoms with E-state index in [9.17, 15) is 8.78 Å². The molecule has 1 aromatic heterocycles. The van der Waals surface area contributed by atoms with E-state index in [1.165, 1.54) is 30.5 Å². The van der Waals surface area contributed by atoms with E-state index in [0.29, 0.717) is 5.56 Å². The standard InChI is InChI=1S/C12H9F2NO/c13-10-3-1-2-8(6-10)12-11(14)9(7-16)4-5-15-12/h1-6,16H,7H2. The third-order valence-corrected chi connectivity index (χ3v) is 2.24. The molecule has 0 aliphatic rings. The minimum Gasteiger partial charge on any atom is -0.392 e. The van der Waals surface area contributed by atoms with Crippen molar-refractivity contribution < 1.29 is 13.9 Å². The first kappa shape index (κ1) is 10.7. The largest absolute Gasteiger partial charge is 0.392 e. The monoisotopic (exact) mass is 221 g/mol. The first-order chi connectivity index (χ1) is 7.72. The highest BCUT2D eigenvalue weighted by atomic mass is 19.1. The Morgan fingerprint density at radius 2 is 2.00 bits per heavy atom. The Balaban J connectivity index is 2.56. The van der Waals surface area contributed by atoms with Gasteiger partial charge in [0.1, 0.15) is 11.5 Å². The van der Waals surface area contributed by atoms with E-state index >= 15 is 0 Å². The van der Waals surface area contributed by atoms with Gasteiger partial charge in [0.05, 0.1) is 6.61 Å². The van der Waals surface area contributed by atoms with E-state index in [1.807, 2.05) is 0 Å². The Labute approximate surface area is 91.2 Å². The van der Waals surface area contributed by atoms with Crippen LogP contribution in [0.15, 0.2) is 36.5 Å². The number of pyridine rings is 1. The summed E-state index contributed by atoms with van der Waals surface area (Å²) < 4.78 is 26.7. The first-order valence-corrected chi connectivity index (χ1v) is 4.72. The smallest absolute Gasteiger partial charge is 0.154 e. The molecule has 2 nitrogen and oxygen atoms in total. The molecule has 0 saturated heterocycles. The number of aliphatic hydroxyl groups excluding tert-OH is 1. The van der Waals surface area contributed by atoms with Gasteiger partial charge in [-0.15, -0.1) is 0 Å². The highest BCUT2D eigenvalue weighted by Gasteiger charge is 2.10. The van der Waals surface area contributed by atoms with Gasteiger partial charge >= 0.3 is 0 Å². The first-order valence-electron chi connectivity index (χ1n) is 4.72. The topological polar surface area (TPSA) is 33.1 Å². The summed E-state index contributed by atoms with van der Waals surface area (Å²) in [5.41, 5.74) is 0.549. The van der Waals surface area contributed by atoms with E-state index in [2.05, 4.69) is 4.98 Å². The molecule has 0 aliphatic heterocycles. The van der Waals surface area contributed by atoms with Crippen molar-refractivity contribution in [3.63, 3.8) is 0 Å². The molecule has 0 fully saturated rings. The molecule has 0 atom stereocenters. The van der Waals surface area contributed by atoms with Crippen LogP contribution in [0.25, 0.3) is 11.3 Å². The molecule has 16 heavy (non-hydrogen) atoms. The zero-order valence-corrected chi connectivity index (χ0v) is 8.32. The third-order valence-electron chi connectivity index (χ3n) is 2.24. The summed E-state index contributed by atoms with van der Waals surface area (Å²) in [7, 11) is 0. The second-order valence-corrected chi connectivity index (χ2v) is 3.30.